The van der Waals surface area contributed by atoms with Gasteiger partial charge < -0.3 is 55.4 Å². The van der Waals surface area contributed by atoms with Crippen molar-refractivity contribution in [2.45, 2.75) is 145 Å². The minimum Gasteiger partial charge on any atom is -0.394 e. The van der Waals surface area contributed by atoms with E-state index in [1.165, 1.54) is 6.08 Å². The lowest BCUT2D eigenvalue weighted by Crippen LogP contribution is -2.63. The average molecular weight is 629 g/mol. The first kappa shape index (κ1) is 34.3. The van der Waals surface area contributed by atoms with Crippen LogP contribution in [0.4, 0.5) is 0 Å². The van der Waals surface area contributed by atoms with Crippen LogP contribution in [-0.4, -0.2) is 125 Å². The zero-order valence-corrected chi connectivity index (χ0v) is 26.1. The van der Waals surface area contributed by atoms with Crippen LogP contribution >= 0.6 is 0 Å². The van der Waals surface area contributed by atoms with Gasteiger partial charge in [0.25, 0.3) is 0 Å². The number of ketones is 1. The van der Waals surface area contributed by atoms with E-state index >= 15 is 0 Å². The molecule has 0 aromatic rings. The highest BCUT2D eigenvalue weighted by Crippen LogP contribution is 2.67. The second-order valence-corrected chi connectivity index (χ2v) is 15.4. The summed E-state index contributed by atoms with van der Waals surface area (Å²) in [6, 6.07) is 0. The molecule has 44 heavy (non-hydrogen) atoms. The summed E-state index contributed by atoms with van der Waals surface area (Å²) >= 11 is 0. The topological polar surface area (TPSA) is 218 Å². The molecule has 1 saturated heterocycles. The van der Waals surface area contributed by atoms with Crippen molar-refractivity contribution in [1.29, 1.82) is 0 Å². The first-order chi connectivity index (χ1) is 20.4. The summed E-state index contributed by atoms with van der Waals surface area (Å²) in [6.07, 6.45) is -7.31. The molecule has 1 heterocycles. The Labute approximate surface area is 258 Å². The van der Waals surface area contributed by atoms with E-state index in [1.807, 2.05) is 13.8 Å². The Kier molecular flexibility index (Phi) is 9.27. The minimum atomic E-state index is -1.63. The maximum atomic E-state index is 13.8. The van der Waals surface area contributed by atoms with Gasteiger partial charge in [-0.3, -0.25) is 4.79 Å². The maximum Gasteiger partial charge on any atom is 0.187 e. The van der Waals surface area contributed by atoms with Gasteiger partial charge >= 0.3 is 0 Å². The summed E-state index contributed by atoms with van der Waals surface area (Å²) in [5.41, 5.74) is -3.25. The van der Waals surface area contributed by atoms with Crippen LogP contribution in [0.25, 0.3) is 0 Å². The molecule has 9 N–H and O–H groups in total. The number of hydrogen-bond donors (Lipinski definition) is 9. The monoisotopic (exact) mass is 628 g/mol. The van der Waals surface area contributed by atoms with E-state index in [1.54, 1.807) is 13.8 Å². The number of aliphatic hydroxyl groups excluding tert-OH is 7. The minimum absolute atomic E-state index is 0.107. The van der Waals surface area contributed by atoms with Crippen molar-refractivity contribution < 1.29 is 60.2 Å². The SMILES string of the molecule is CC(C)(O)CCC(O)C(O)C1CCC2(O)C3=CC(=O)C4CC(OC5OC(CO)C(O)C(O)C5O)C(O)CC4(C)C3CCC12C. The van der Waals surface area contributed by atoms with E-state index < -0.39 is 95.6 Å². The molecule has 0 bridgehead atoms. The number of rotatable bonds is 8. The van der Waals surface area contributed by atoms with Gasteiger partial charge in [-0.1, -0.05) is 13.8 Å². The van der Waals surface area contributed by atoms with Crippen molar-refractivity contribution in [1.82, 2.24) is 0 Å². The Bertz CT molecular complexity index is 1110. The van der Waals surface area contributed by atoms with E-state index in [2.05, 4.69) is 0 Å². The molecule has 4 fully saturated rings. The van der Waals surface area contributed by atoms with Crippen molar-refractivity contribution in [2.24, 2.45) is 28.6 Å². The summed E-state index contributed by atoms with van der Waals surface area (Å²) in [6.45, 7) is 6.55. The molecule has 0 spiro atoms. The van der Waals surface area contributed by atoms with E-state index in [4.69, 9.17) is 9.47 Å². The lowest BCUT2D eigenvalue weighted by molar-refractivity contribution is -0.322. The van der Waals surface area contributed by atoms with Crippen molar-refractivity contribution in [2.75, 3.05) is 6.61 Å². The molecular formula is C32H52O12. The molecule has 0 aromatic carbocycles. The van der Waals surface area contributed by atoms with Gasteiger partial charge in [0.2, 0.25) is 0 Å². The fourth-order valence-electron chi connectivity index (χ4n) is 9.38. The van der Waals surface area contributed by atoms with E-state index in [0.29, 0.717) is 37.7 Å². The van der Waals surface area contributed by atoms with Gasteiger partial charge in [0.05, 0.1) is 42.2 Å². The normalized spacial score (nSPS) is 49.0. The number of allylic oxidation sites excluding steroid dienone is 1. The van der Waals surface area contributed by atoms with Crippen LogP contribution in [0, 0.1) is 28.6 Å². The molecule has 5 rings (SSSR count). The molecule has 12 heteroatoms. The molecule has 15 atom stereocenters. The third kappa shape index (κ3) is 5.51. The van der Waals surface area contributed by atoms with E-state index in [0.717, 1.165) is 0 Å². The fourth-order valence-corrected chi connectivity index (χ4v) is 9.38. The maximum absolute atomic E-state index is 13.8. The fraction of sp³-hybridized carbons (Fsp3) is 0.906. The molecule has 5 aliphatic rings. The van der Waals surface area contributed by atoms with Gasteiger partial charge in [-0.2, -0.15) is 0 Å². The Balaban J connectivity index is 1.35. The Hall–Kier alpha value is -1.03. The predicted octanol–water partition coefficient (Wildman–Crippen LogP) is -0.712. The van der Waals surface area contributed by atoms with Crippen molar-refractivity contribution in [3.8, 4) is 0 Å². The average Bonchev–Trinajstić information content (AvgIpc) is 3.23. The Morgan fingerprint density at radius 1 is 1.05 bits per heavy atom. The molecule has 0 amide bonds. The number of carbonyl (C=O) groups is 1. The zero-order chi connectivity index (χ0) is 32.6. The van der Waals surface area contributed by atoms with Crippen molar-refractivity contribution >= 4 is 5.78 Å². The zero-order valence-electron chi connectivity index (χ0n) is 26.1. The largest absolute Gasteiger partial charge is 0.394 e. The third-order valence-corrected chi connectivity index (χ3v) is 12.2. The number of carbonyl (C=O) groups excluding carboxylic acids is 1. The standard InChI is InChI=1S/C32H52O12/c1-29(2,41)8-7-19(34)24(37)16-6-10-32(42)17-11-20(35)18-12-22(43-28-27(40)26(39)25(38)23(14-33)44-28)21(36)13-30(18,3)15(17)5-9-31(16,32)4/h11,15-16,18-19,21-28,33-34,36-42H,5-10,12-14H2,1-4H3. The molecule has 0 aromatic heterocycles. The second-order valence-electron chi connectivity index (χ2n) is 15.4. The van der Waals surface area contributed by atoms with Crippen LogP contribution in [0.5, 0.6) is 0 Å². The molecule has 3 saturated carbocycles. The molecule has 0 radical (unpaired) electrons. The second kappa shape index (κ2) is 11.9. The summed E-state index contributed by atoms with van der Waals surface area (Å²) < 4.78 is 11.4. The lowest BCUT2D eigenvalue weighted by Gasteiger charge is -2.60. The first-order valence-corrected chi connectivity index (χ1v) is 16.1. The van der Waals surface area contributed by atoms with Gasteiger partial charge in [-0.05, 0) is 94.1 Å². The first-order valence-electron chi connectivity index (χ1n) is 16.1. The highest BCUT2D eigenvalue weighted by atomic mass is 16.7. The van der Waals surface area contributed by atoms with Gasteiger partial charge in [0, 0.05) is 11.3 Å². The van der Waals surface area contributed by atoms with Crippen LogP contribution < -0.4 is 0 Å². The number of hydrogen-bond acceptors (Lipinski definition) is 12. The molecule has 1 aliphatic heterocycles. The number of aliphatic hydroxyl groups is 9. The van der Waals surface area contributed by atoms with Gasteiger partial charge in [0.1, 0.15) is 24.4 Å². The quantitative estimate of drug-likeness (QED) is 0.163. The lowest BCUT2D eigenvalue weighted by atomic mass is 9.46. The van der Waals surface area contributed by atoms with Gasteiger partial charge in [0.15, 0.2) is 12.1 Å². The van der Waals surface area contributed by atoms with Crippen LogP contribution in [0.3, 0.4) is 0 Å². The highest BCUT2D eigenvalue weighted by Gasteiger charge is 2.67. The summed E-state index contributed by atoms with van der Waals surface area (Å²) in [5, 5.41) is 96.1. The van der Waals surface area contributed by atoms with Crippen LogP contribution in [-0.2, 0) is 14.3 Å². The Morgan fingerprint density at radius 2 is 1.73 bits per heavy atom. The third-order valence-electron chi connectivity index (χ3n) is 12.2. The smallest absolute Gasteiger partial charge is 0.187 e. The van der Waals surface area contributed by atoms with Crippen molar-refractivity contribution in [3.05, 3.63) is 11.6 Å². The van der Waals surface area contributed by atoms with E-state index in [9.17, 15) is 50.8 Å². The van der Waals surface area contributed by atoms with Crippen LogP contribution in [0.2, 0.25) is 0 Å². The van der Waals surface area contributed by atoms with Gasteiger partial charge in [-0.15, -0.1) is 0 Å². The summed E-state index contributed by atoms with van der Waals surface area (Å²) in [7, 11) is 0. The predicted molar refractivity (Wildman–Crippen MR) is 155 cm³/mol. The number of ether oxygens (including phenoxy) is 2. The Morgan fingerprint density at radius 3 is 2.36 bits per heavy atom. The summed E-state index contributed by atoms with van der Waals surface area (Å²) in [4.78, 5) is 13.8. The van der Waals surface area contributed by atoms with Gasteiger partial charge in [-0.25, -0.2) is 0 Å². The molecule has 4 aliphatic carbocycles. The molecule has 12 nitrogen and oxygen atoms in total. The summed E-state index contributed by atoms with van der Waals surface area (Å²) in [5.74, 6) is -1.41. The molecule has 252 valence electrons. The highest BCUT2D eigenvalue weighted by molar-refractivity contribution is 5.95. The number of fused-ring (bicyclic) bond motifs is 5. The van der Waals surface area contributed by atoms with Crippen LogP contribution in [0.15, 0.2) is 11.6 Å². The van der Waals surface area contributed by atoms with Crippen LogP contribution in [0.1, 0.15) is 79.1 Å². The molecular weight excluding hydrogens is 576 g/mol. The molecule has 15 unspecified atom stereocenters. The van der Waals surface area contributed by atoms with E-state index in [-0.39, 0.29) is 31.0 Å². The van der Waals surface area contributed by atoms with Crippen molar-refractivity contribution in [3.63, 3.8) is 0 Å².